The van der Waals surface area contributed by atoms with Gasteiger partial charge in [0.05, 0.1) is 0 Å². The molecular formula is C16H14ClNOS. The van der Waals surface area contributed by atoms with E-state index in [-0.39, 0.29) is 5.91 Å². The summed E-state index contributed by atoms with van der Waals surface area (Å²) < 4.78 is 0. The second-order valence-corrected chi connectivity index (χ2v) is 5.43. The Morgan fingerprint density at radius 1 is 1.20 bits per heavy atom. The van der Waals surface area contributed by atoms with Gasteiger partial charge in [0.25, 0.3) is 0 Å². The van der Waals surface area contributed by atoms with Crippen LogP contribution in [0.15, 0.2) is 59.5 Å². The van der Waals surface area contributed by atoms with E-state index in [1.54, 1.807) is 30.0 Å². The van der Waals surface area contributed by atoms with Crippen LogP contribution in [0.1, 0.15) is 5.56 Å². The number of nitrogens with one attached hydrogen (secondary N) is 1. The van der Waals surface area contributed by atoms with Gasteiger partial charge < -0.3 is 5.32 Å². The molecule has 0 radical (unpaired) electrons. The van der Waals surface area contributed by atoms with Crippen molar-refractivity contribution >= 4 is 41.0 Å². The van der Waals surface area contributed by atoms with Gasteiger partial charge in [0, 0.05) is 21.7 Å². The van der Waals surface area contributed by atoms with Gasteiger partial charge in [0.1, 0.15) is 0 Å². The third-order valence-electron chi connectivity index (χ3n) is 2.61. The number of hydrogen-bond acceptors (Lipinski definition) is 2. The molecule has 0 bridgehead atoms. The molecule has 0 heterocycles. The lowest BCUT2D eigenvalue weighted by Gasteiger charge is -2.03. The van der Waals surface area contributed by atoms with Gasteiger partial charge in [0.2, 0.25) is 5.91 Å². The standard InChI is InChI=1S/C16H14ClNOS/c1-20-15-7-3-6-14(11-15)18-16(19)9-8-12-4-2-5-13(17)10-12/h2-11H,1H3,(H,18,19)/b9-8+. The van der Waals surface area contributed by atoms with Gasteiger partial charge in [-0.1, -0.05) is 29.8 Å². The Hall–Kier alpha value is -1.71. The van der Waals surface area contributed by atoms with Crippen molar-refractivity contribution in [3.05, 3.63) is 65.2 Å². The third kappa shape index (κ3) is 4.44. The fourth-order valence-corrected chi connectivity index (χ4v) is 2.33. The maximum Gasteiger partial charge on any atom is 0.248 e. The highest BCUT2D eigenvalue weighted by molar-refractivity contribution is 7.98. The van der Waals surface area contributed by atoms with Crippen molar-refractivity contribution in [1.82, 2.24) is 0 Å². The first-order valence-electron chi connectivity index (χ1n) is 6.06. The Balaban J connectivity index is 2.01. The Morgan fingerprint density at radius 2 is 2.00 bits per heavy atom. The zero-order valence-corrected chi connectivity index (χ0v) is 12.5. The Labute approximate surface area is 127 Å². The maximum absolute atomic E-state index is 11.8. The number of carbonyl (C=O) groups is 1. The van der Waals surface area contributed by atoms with Crippen LogP contribution in [0.2, 0.25) is 5.02 Å². The van der Waals surface area contributed by atoms with Crippen molar-refractivity contribution in [3.63, 3.8) is 0 Å². The van der Waals surface area contributed by atoms with E-state index >= 15 is 0 Å². The van der Waals surface area contributed by atoms with E-state index in [4.69, 9.17) is 11.6 Å². The number of hydrogen-bond donors (Lipinski definition) is 1. The number of anilines is 1. The Kier molecular flexibility index (Phi) is 5.27. The average Bonchev–Trinajstić information content (AvgIpc) is 2.45. The summed E-state index contributed by atoms with van der Waals surface area (Å²) in [5.41, 5.74) is 1.68. The smallest absolute Gasteiger partial charge is 0.248 e. The predicted molar refractivity (Wildman–Crippen MR) is 87.3 cm³/mol. The van der Waals surface area contributed by atoms with Crippen molar-refractivity contribution in [2.75, 3.05) is 11.6 Å². The molecule has 20 heavy (non-hydrogen) atoms. The van der Waals surface area contributed by atoms with Gasteiger partial charge in [-0.3, -0.25) is 4.79 Å². The van der Waals surface area contributed by atoms with Crippen LogP contribution in [0.25, 0.3) is 6.08 Å². The Morgan fingerprint density at radius 3 is 2.75 bits per heavy atom. The van der Waals surface area contributed by atoms with Crippen molar-refractivity contribution in [3.8, 4) is 0 Å². The van der Waals surface area contributed by atoms with Crippen molar-refractivity contribution < 1.29 is 4.79 Å². The molecule has 0 atom stereocenters. The molecule has 102 valence electrons. The minimum absolute atomic E-state index is 0.164. The Bertz CT molecular complexity index is 640. The van der Waals surface area contributed by atoms with E-state index in [0.29, 0.717) is 5.02 Å². The largest absolute Gasteiger partial charge is 0.322 e. The highest BCUT2D eigenvalue weighted by atomic mass is 35.5. The molecule has 2 aromatic rings. The van der Waals surface area contributed by atoms with Crippen LogP contribution in [-0.4, -0.2) is 12.2 Å². The molecule has 2 nitrogen and oxygen atoms in total. The van der Waals surface area contributed by atoms with E-state index < -0.39 is 0 Å². The molecule has 2 aromatic carbocycles. The molecule has 0 saturated carbocycles. The lowest BCUT2D eigenvalue weighted by atomic mass is 10.2. The third-order valence-corrected chi connectivity index (χ3v) is 3.57. The quantitative estimate of drug-likeness (QED) is 0.654. The number of carbonyl (C=O) groups excluding carboxylic acids is 1. The number of halogens is 1. The van der Waals surface area contributed by atoms with Crippen LogP contribution in [0, 0.1) is 0 Å². The number of rotatable bonds is 4. The summed E-state index contributed by atoms with van der Waals surface area (Å²) in [7, 11) is 0. The second kappa shape index (κ2) is 7.17. The fraction of sp³-hybridized carbons (Fsp3) is 0.0625. The zero-order valence-electron chi connectivity index (χ0n) is 11.0. The van der Waals surface area contributed by atoms with Crippen LogP contribution >= 0.6 is 23.4 Å². The normalized spacial score (nSPS) is 10.7. The van der Waals surface area contributed by atoms with Crippen LogP contribution in [-0.2, 0) is 4.79 Å². The van der Waals surface area contributed by atoms with Crippen LogP contribution in [0.4, 0.5) is 5.69 Å². The summed E-state index contributed by atoms with van der Waals surface area (Å²) in [6.07, 6.45) is 5.23. The van der Waals surface area contributed by atoms with Gasteiger partial charge in [-0.15, -0.1) is 11.8 Å². The molecule has 1 N–H and O–H groups in total. The fourth-order valence-electron chi connectivity index (χ4n) is 1.67. The van der Waals surface area contributed by atoms with Crippen molar-refractivity contribution in [2.45, 2.75) is 4.90 Å². The summed E-state index contributed by atoms with van der Waals surface area (Å²) in [4.78, 5) is 12.9. The van der Waals surface area contributed by atoms with E-state index in [9.17, 15) is 4.79 Å². The highest BCUT2D eigenvalue weighted by Gasteiger charge is 1.99. The van der Waals surface area contributed by atoms with E-state index in [1.165, 1.54) is 6.08 Å². The lowest BCUT2D eigenvalue weighted by molar-refractivity contribution is -0.111. The van der Waals surface area contributed by atoms with Gasteiger partial charge in [-0.25, -0.2) is 0 Å². The van der Waals surface area contributed by atoms with Gasteiger partial charge in [-0.05, 0) is 48.2 Å². The summed E-state index contributed by atoms with van der Waals surface area (Å²) in [5.74, 6) is -0.164. The molecule has 1 amide bonds. The average molecular weight is 304 g/mol. The topological polar surface area (TPSA) is 29.1 Å². The first kappa shape index (κ1) is 14.7. The maximum atomic E-state index is 11.8. The number of thioether (sulfide) groups is 1. The first-order chi connectivity index (χ1) is 9.67. The minimum Gasteiger partial charge on any atom is -0.322 e. The first-order valence-corrected chi connectivity index (χ1v) is 7.66. The lowest BCUT2D eigenvalue weighted by Crippen LogP contribution is -2.07. The molecule has 0 aliphatic heterocycles. The second-order valence-electron chi connectivity index (χ2n) is 4.11. The summed E-state index contributed by atoms with van der Waals surface area (Å²) in [6.45, 7) is 0. The minimum atomic E-state index is -0.164. The SMILES string of the molecule is CSc1cccc(NC(=O)/C=C/c2cccc(Cl)c2)c1. The van der Waals surface area contributed by atoms with Gasteiger partial charge in [0.15, 0.2) is 0 Å². The molecule has 2 rings (SSSR count). The van der Waals surface area contributed by atoms with Crippen LogP contribution < -0.4 is 5.32 Å². The summed E-state index contributed by atoms with van der Waals surface area (Å²) >= 11 is 7.52. The zero-order chi connectivity index (χ0) is 14.4. The summed E-state index contributed by atoms with van der Waals surface area (Å²) in [6, 6.07) is 15.1. The van der Waals surface area contributed by atoms with Crippen LogP contribution in [0.3, 0.4) is 0 Å². The van der Waals surface area contributed by atoms with E-state index in [1.807, 2.05) is 42.7 Å². The molecule has 0 unspecified atom stereocenters. The number of benzene rings is 2. The van der Waals surface area contributed by atoms with Crippen molar-refractivity contribution in [2.24, 2.45) is 0 Å². The number of amides is 1. The molecule has 4 heteroatoms. The van der Waals surface area contributed by atoms with E-state index in [2.05, 4.69) is 5.32 Å². The molecule has 0 fully saturated rings. The molecule has 0 spiro atoms. The highest BCUT2D eigenvalue weighted by Crippen LogP contribution is 2.19. The monoisotopic (exact) mass is 303 g/mol. The van der Waals surface area contributed by atoms with Crippen molar-refractivity contribution in [1.29, 1.82) is 0 Å². The van der Waals surface area contributed by atoms with E-state index in [0.717, 1.165) is 16.1 Å². The predicted octanol–water partition coefficient (Wildman–Crippen LogP) is 4.71. The molecule has 0 aliphatic rings. The van der Waals surface area contributed by atoms with Gasteiger partial charge >= 0.3 is 0 Å². The summed E-state index contributed by atoms with van der Waals surface area (Å²) in [5, 5.41) is 3.48. The molecule has 0 aromatic heterocycles. The molecule has 0 aliphatic carbocycles. The van der Waals surface area contributed by atoms with Gasteiger partial charge in [-0.2, -0.15) is 0 Å². The molecular weight excluding hydrogens is 290 g/mol. The molecule has 0 saturated heterocycles. The van der Waals surface area contributed by atoms with Crippen LogP contribution in [0.5, 0.6) is 0 Å².